The topological polar surface area (TPSA) is 55.1 Å². The smallest absolute Gasteiger partial charge is 0.271 e. The molecular formula is C18H13FN2O2. The van der Waals surface area contributed by atoms with E-state index in [4.69, 9.17) is 0 Å². The summed E-state index contributed by atoms with van der Waals surface area (Å²) in [6.07, 6.45) is 1.49. The summed E-state index contributed by atoms with van der Waals surface area (Å²) < 4.78 is 14.9. The summed E-state index contributed by atoms with van der Waals surface area (Å²) in [7, 11) is 0. The maximum absolute atomic E-state index is 13.6. The molecule has 0 radical (unpaired) electrons. The molecule has 1 N–H and O–H groups in total. The van der Waals surface area contributed by atoms with Crippen molar-refractivity contribution in [1.29, 1.82) is 0 Å². The molecule has 23 heavy (non-hydrogen) atoms. The lowest BCUT2D eigenvalue weighted by molar-refractivity contribution is 0.475. The van der Waals surface area contributed by atoms with Crippen LogP contribution in [0.15, 0.2) is 53.3 Å². The van der Waals surface area contributed by atoms with Crippen LogP contribution in [0.4, 0.5) is 4.39 Å². The van der Waals surface area contributed by atoms with Crippen LogP contribution in [-0.2, 0) is 12.8 Å². The van der Waals surface area contributed by atoms with Gasteiger partial charge in [0.1, 0.15) is 11.6 Å². The molecule has 0 aliphatic heterocycles. The molecule has 1 aliphatic carbocycles. The van der Waals surface area contributed by atoms with Crippen LogP contribution in [0.3, 0.4) is 0 Å². The highest BCUT2D eigenvalue weighted by atomic mass is 19.1. The molecule has 1 aromatic heterocycles. The van der Waals surface area contributed by atoms with E-state index in [1.807, 2.05) is 0 Å². The zero-order valence-corrected chi connectivity index (χ0v) is 12.2. The fraction of sp³-hybridized carbons (Fsp3) is 0.111. The van der Waals surface area contributed by atoms with Gasteiger partial charge < -0.3 is 5.11 Å². The van der Waals surface area contributed by atoms with Crippen molar-refractivity contribution in [3.63, 3.8) is 0 Å². The Labute approximate surface area is 131 Å². The first kappa shape index (κ1) is 13.7. The summed E-state index contributed by atoms with van der Waals surface area (Å²) in [4.78, 5) is 12.3. The molecule has 0 saturated heterocycles. The molecule has 4 nitrogen and oxygen atoms in total. The molecule has 0 unspecified atom stereocenters. The van der Waals surface area contributed by atoms with Gasteiger partial charge in [0.15, 0.2) is 0 Å². The maximum atomic E-state index is 13.6. The van der Waals surface area contributed by atoms with Gasteiger partial charge in [0.2, 0.25) is 0 Å². The number of halogens is 1. The highest BCUT2D eigenvalue weighted by Gasteiger charge is 2.20. The van der Waals surface area contributed by atoms with E-state index in [1.54, 1.807) is 24.3 Å². The van der Waals surface area contributed by atoms with Gasteiger partial charge in [-0.25, -0.2) is 4.39 Å². The number of hydrogen-bond acceptors (Lipinski definition) is 3. The minimum Gasteiger partial charge on any atom is -0.508 e. The predicted molar refractivity (Wildman–Crippen MR) is 84.3 cm³/mol. The standard InChI is InChI=1S/C18H13FN2O2/c19-13-4-3-11-1-2-12-9-17(23)21(20-18(12)16(11)10-13)14-5-7-15(22)8-6-14/h3-10,22H,1-2H2. The molecule has 0 spiro atoms. The van der Waals surface area contributed by atoms with E-state index in [-0.39, 0.29) is 17.1 Å². The lowest BCUT2D eigenvalue weighted by atomic mass is 9.89. The van der Waals surface area contributed by atoms with E-state index >= 15 is 0 Å². The maximum Gasteiger partial charge on any atom is 0.271 e. The fourth-order valence-electron chi connectivity index (χ4n) is 2.94. The molecule has 0 amide bonds. The van der Waals surface area contributed by atoms with Crippen LogP contribution in [0.2, 0.25) is 0 Å². The van der Waals surface area contributed by atoms with Gasteiger partial charge in [-0.1, -0.05) is 6.07 Å². The summed E-state index contributed by atoms with van der Waals surface area (Å²) in [5.74, 6) is -0.201. The largest absolute Gasteiger partial charge is 0.508 e. The van der Waals surface area contributed by atoms with Gasteiger partial charge in [0.25, 0.3) is 5.56 Å². The summed E-state index contributed by atoms with van der Waals surface area (Å²) >= 11 is 0. The molecule has 0 saturated carbocycles. The number of fused-ring (bicyclic) bond motifs is 3. The van der Waals surface area contributed by atoms with Gasteiger partial charge in [-0.3, -0.25) is 4.79 Å². The van der Waals surface area contributed by atoms with Crippen LogP contribution in [0.1, 0.15) is 11.1 Å². The summed E-state index contributed by atoms with van der Waals surface area (Å²) in [5.41, 5.74) is 3.55. The molecule has 0 fully saturated rings. The number of aryl methyl sites for hydroxylation is 2. The van der Waals surface area contributed by atoms with E-state index in [1.165, 1.54) is 28.9 Å². The second kappa shape index (κ2) is 5.05. The third-order valence-electron chi connectivity index (χ3n) is 4.10. The number of aromatic hydroxyl groups is 1. The van der Waals surface area contributed by atoms with Gasteiger partial charge in [0.05, 0.1) is 11.4 Å². The third kappa shape index (κ3) is 2.30. The van der Waals surface area contributed by atoms with E-state index in [2.05, 4.69) is 5.10 Å². The Kier molecular flexibility index (Phi) is 3.01. The number of nitrogens with zero attached hydrogens (tertiary/aromatic N) is 2. The number of hydrogen-bond donors (Lipinski definition) is 1. The van der Waals surface area contributed by atoms with Crippen LogP contribution < -0.4 is 5.56 Å². The Hall–Kier alpha value is -2.95. The zero-order chi connectivity index (χ0) is 16.0. The molecule has 1 heterocycles. The number of phenols is 1. The SMILES string of the molecule is O=c1cc2c(nn1-c1ccc(O)cc1)-c1cc(F)ccc1CC2. The molecule has 0 atom stereocenters. The fourth-order valence-corrected chi connectivity index (χ4v) is 2.94. The monoisotopic (exact) mass is 308 g/mol. The Morgan fingerprint density at radius 2 is 1.74 bits per heavy atom. The molecule has 1 aliphatic rings. The van der Waals surface area contributed by atoms with Crippen molar-refractivity contribution in [3.8, 4) is 22.7 Å². The number of rotatable bonds is 1. The number of phenolic OH excluding ortho intramolecular Hbond substituents is 1. The van der Waals surface area contributed by atoms with E-state index < -0.39 is 0 Å². The molecule has 2 aromatic carbocycles. The zero-order valence-electron chi connectivity index (χ0n) is 12.2. The van der Waals surface area contributed by atoms with Crippen LogP contribution in [0.25, 0.3) is 16.9 Å². The Bertz CT molecular complexity index is 962. The quantitative estimate of drug-likeness (QED) is 0.752. The van der Waals surface area contributed by atoms with Gasteiger partial charge >= 0.3 is 0 Å². The summed E-state index contributed by atoms with van der Waals surface area (Å²) in [6.45, 7) is 0. The normalized spacial score (nSPS) is 12.6. The van der Waals surface area contributed by atoms with Gasteiger partial charge in [-0.2, -0.15) is 9.78 Å². The minimum atomic E-state index is -0.319. The molecule has 4 rings (SSSR count). The average Bonchev–Trinajstić information content (AvgIpc) is 2.55. The lowest BCUT2D eigenvalue weighted by Crippen LogP contribution is -2.24. The molecular weight excluding hydrogens is 295 g/mol. The minimum absolute atomic E-state index is 0.118. The highest BCUT2D eigenvalue weighted by Crippen LogP contribution is 2.31. The average molecular weight is 308 g/mol. The Morgan fingerprint density at radius 3 is 2.52 bits per heavy atom. The Morgan fingerprint density at radius 1 is 1.00 bits per heavy atom. The number of aromatic nitrogens is 2. The van der Waals surface area contributed by atoms with Gasteiger partial charge in [-0.05, 0) is 60.4 Å². The molecule has 5 heteroatoms. The van der Waals surface area contributed by atoms with Crippen molar-refractivity contribution in [1.82, 2.24) is 9.78 Å². The van der Waals surface area contributed by atoms with Gasteiger partial charge in [0, 0.05) is 11.6 Å². The van der Waals surface area contributed by atoms with E-state index in [9.17, 15) is 14.3 Å². The molecule has 114 valence electrons. The first-order valence-electron chi connectivity index (χ1n) is 7.33. The Balaban J connectivity index is 1.94. The van der Waals surface area contributed by atoms with Crippen LogP contribution >= 0.6 is 0 Å². The van der Waals surface area contributed by atoms with E-state index in [0.717, 1.165) is 23.1 Å². The molecule has 3 aromatic rings. The van der Waals surface area contributed by atoms with Crippen LogP contribution in [0.5, 0.6) is 5.75 Å². The van der Waals surface area contributed by atoms with Crippen molar-refractivity contribution in [2.75, 3.05) is 0 Å². The second-order valence-electron chi connectivity index (χ2n) is 5.59. The first-order valence-corrected chi connectivity index (χ1v) is 7.33. The van der Waals surface area contributed by atoms with Crippen molar-refractivity contribution < 1.29 is 9.50 Å². The summed E-state index contributed by atoms with van der Waals surface area (Å²) in [5, 5.41) is 13.8. The van der Waals surface area contributed by atoms with E-state index in [0.29, 0.717) is 17.8 Å². The first-order chi connectivity index (χ1) is 11.1. The predicted octanol–water partition coefficient (Wildman–Crippen LogP) is 2.84. The second-order valence-corrected chi connectivity index (χ2v) is 5.59. The highest BCUT2D eigenvalue weighted by molar-refractivity contribution is 5.69. The van der Waals surface area contributed by atoms with Gasteiger partial charge in [-0.15, -0.1) is 0 Å². The number of benzene rings is 2. The van der Waals surface area contributed by atoms with Crippen molar-refractivity contribution >= 4 is 0 Å². The van der Waals surface area contributed by atoms with Crippen molar-refractivity contribution in [3.05, 3.63) is 75.8 Å². The lowest BCUT2D eigenvalue weighted by Gasteiger charge is -2.19. The van der Waals surface area contributed by atoms with Crippen LogP contribution in [-0.4, -0.2) is 14.9 Å². The summed E-state index contributed by atoms with van der Waals surface area (Å²) in [6, 6.07) is 12.5. The van der Waals surface area contributed by atoms with Crippen molar-refractivity contribution in [2.24, 2.45) is 0 Å². The third-order valence-corrected chi connectivity index (χ3v) is 4.10. The van der Waals surface area contributed by atoms with Crippen LogP contribution in [0, 0.1) is 5.82 Å². The molecule has 0 bridgehead atoms. The van der Waals surface area contributed by atoms with Crippen molar-refractivity contribution in [2.45, 2.75) is 12.8 Å².